The fourth-order valence-electron chi connectivity index (χ4n) is 4.85. The Kier molecular flexibility index (Phi) is 6.15. The van der Waals surface area contributed by atoms with E-state index >= 15 is 0 Å². The average molecular weight is 519 g/mol. The van der Waals surface area contributed by atoms with Gasteiger partial charge in [-0.2, -0.15) is 10.4 Å². The lowest BCUT2D eigenvalue weighted by Crippen LogP contribution is -2.27. The SMILES string of the molecule is C=CC(=O)N1CCC(n2nc(C#Cc3c(F)c(OC)cc(OC)c3F)c3c(N)ncc(C4(C#N)CC4)c32)C1. The van der Waals surface area contributed by atoms with Crippen LogP contribution in [0.5, 0.6) is 11.5 Å². The fourth-order valence-corrected chi connectivity index (χ4v) is 4.85. The number of fused-ring (bicyclic) bond motifs is 1. The number of carbonyl (C=O) groups is 1. The number of halogens is 2. The molecule has 2 aromatic heterocycles. The number of likely N-dealkylation sites (tertiary alicyclic amines) is 1. The highest BCUT2D eigenvalue weighted by Crippen LogP contribution is 2.50. The lowest BCUT2D eigenvalue weighted by Gasteiger charge is -2.17. The van der Waals surface area contributed by atoms with Gasteiger partial charge in [0.15, 0.2) is 23.1 Å². The Hall–Kier alpha value is -4.64. The maximum Gasteiger partial charge on any atom is 0.246 e. The first-order chi connectivity index (χ1) is 18.3. The summed E-state index contributed by atoms with van der Waals surface area (Å²) in [4.78, 5) is 18.2. The Morgan fingerprint density at radius 2 is 1.95 bits per heavy atom. The quantitative estimate of drug-likeness (QED) is 0.407. The average Bonchev–Trinajstić information content (AvgIpc) is 3.39. The lowest BCUT2D eigenvalue weighted by molar-refractivity contribution is -0.125. The molecule has 1 aliphatic heterocycles. The van der Waals surface area contributed by atoms with Crippen LogP contribution < -0.4 is 15.2 Å². The van der Waals surface area contributed by atoms with Crippen LogP contribution in [0.4, 0.5) is 14.6 Å². The fraction of sp³-hybridized carbons (Fsp3) is 0.333. The van der Waals surface area contributed by atoms with E-state index in [1.165, 1.54) is 20.3 Å². The lowest BCUT2D eigenvalue weighted by atomic mass is 9.96. The number of carbonyl (C=O) groups excluding carboxylic acids is 1. The van der Waals surface area contributed by atoms with E-state index in [0.29, 0.717) is 48.8 Å². The van der Waals surface area contributed by atoms with Crippen LogP contribution >= 0.6 is 0 Å². The zero-order valence-corrected chi connectivity index (χ0v) is 20.8. The zero-order valence-electron chi connectivity index (χ0n) is 20.8. The van der Waals surface area contributed by atoms with Gasteiger partial charge in [-0.3, -0.25) is 9.48 Å². The van der Waals surface area contributed by atoms with Crippen molar-refractivity contribution in [1.82, 2.24) is 19.7 Å². The first-order valence-corrected chi connectivity index (χ1v) is 11.9. The topological polar surface area (TPSA) is 119 Å². The minimum absolute atomic E-state index is 0.120. The van der Waals surface area contributed by atoms with Crippen LogP contribution in [0.2, 0.25) is 0 Å². The van der Waals surface area contributed by atoms with Crippen LogP contribution in [0.3, 0.4) is 0 Å². The van der Waals surface area contributed by atoms with E-state index in [4.69, 9.17) is 20.3 Å². The molecule has 0 radical (unpaired) electrons. The Labute approximate surface area is 217 Å². The summed E-state index contributed by atoms with van der Waals surface area (Å²) >= 11 is 0. The van der Waals surface area contributed by atoms with Crippen molar-refractivity contribution in [2.24, 2.45) is 0 Å². The predicted molar refractivity (Wildman–Crippen MR) is 134 cm³/mol. The normalized spacial score (nSPS) is 17.4. The van der Waals surface area contributed by atoms with Gasteiger partial charge in [-0.1, -0.05) is 12.5 Å². The van der Waals surface area contributed by atoms with Crippen molar-refractivity contribution in [1.29, 1.82) is 5.26 Å². The van der Waals surface area contributed by atoms with Crippen LogP contribution in [0, 0.1) is 34.8 Å². The third-order valence-corrected chi connectivity index (χ3v) is 7.11. The summed E-state index contributed by atoms with van der Waals surface area (Å²) in [6.07, 6.45) is 4.75. The van der Waals surface area contributed by atoms with Gasteiger partial charge < -0.3 is 20.1 Å². The Morgan fingerprint density at radius 1 is 1.26 bits per heavy atom. The van der Waals surface area contributed by atoms with Gasteiger partial charge in [0.2, 0.25) is 5.91 Å². The van der Waals surface area contributed by atoms with Crippen molar-refractivity contribution in [2.45, 2.75) is 30.7 Å². The van der Waals surface area contributed by atoms with Gasteiger partial charge in [0.05, 0.1) is 42.6 Å². The van der Waals surface area contributed by atoms with Gasteiger partial charge in [-0.25, -0.2) is 13.8 Å². The summed E-state index contributed by atoms with van der Waals surface area (Å²) in [6.45, 7) is 4.42. The van der Waals surface area contributed by atoms with E-state index in [1.807, 2.05) is 0 Å². The van der Waals surface area contributed by atoms with E-state index in [2.05, 4.69) is 29.5 Å². The predicted octanol–water partition coefficient (Wildman–Crippen LogP) is 3.22. The number of ether oxygens (including phenoxy) is 2. The van der Waals surface area contributed by atoms with Crippen molar-refractivity contribution < 1.29 is 23.0 Å². The second kappa shape index (κ2) is 9.34. The second-order valence-electron chi connectivity index (χ2n) is 9.23. The number of nitrogens with two attached hydrogens (primary N) is 1. The summed E-state index contributed by atoms with van der Waals surface area (Å²) in [5.41, 5.74) is 6.40. The summed E-state index contributed by atoms with van der Waals surface area (Å²) in [7, 11) is 2.50. The molecule has 9 nitrogen and oxygen atoms in total. The molecule has 3 aromatic rings. The molecule has 2 aliphatic rings. The van der Waals surface area contributed by atoms with Gasteiger partial charge in [-0.15, -0.1) is 0 Å². The highest BCUT2D eigenvalue weighted by atomic mass is 19.1. The molecular weight excluding hydrogens is 494 g/mol. The molecule has 38 heavy (non-hydrogen) atoms. The first-order valence-electron chi connectivity index (χ1n) is 11.9. The summed E-state index contributed by atoms with van der Waals surface area (Å²) in [5, 5.41) is 15.0. The van der Waals surface area contributed by atoms with Crippen LogP contribution in [0.25, 0.3) is 10.9 Å². The third kappa shape index (κ3) is 3.88. The van der Waals surface area contributed by atoms with Gasteiger partial charge in [0.1, 0.15) is 17.1 Å². The number of aromatic nitrogens is 3. The van der Waals surface area contributed by atoms with Crippen LogP contribution in [0.15, 0.2) is 24.9 Å². The summed E-state index contributed by atoms with van der Waals surface area (Å²) in [6, 6.07) is 3.24. The minimum Gasteiger partial charge on any atom is -0.493 e. The molecule has 0 spiro atoms. The number of nitrogens with zero attached hydrogens (tertiary/aromatic N) is 5. The number of hydrogen-bond donors (Lipinski definition) is 1. The molecule has 5 rings (SSSR count). The molecule has 11 heteroatoms. The Morgan fingerprint density at radius 3 is 2.53 bits per heavy atom. The van der Waals surface area contributed by atoms with Crippen molar-refractivity contribution >= 4 is 22.6 Å². The highest BCUT2D eigenvalue weighted by Gasteiger charge is 2.48. The molecule has 3 heterocycles. The summed E-state index contributed by atoms with van der Waals surface area (Å²) < 4.78 is 41.6. The number of amides is 1. The van der Waals surface area contributed by atoms with Crippen LogP contribution in [0.1, 0.15) is 42.1 Å². The molecule has 1 saturated heterocycles. The van der Waals surface area contributed by atoms with Crippen molar-refractivity contribution in [3.05, 3.63) is 53.4 Å². The maximum atomic E-state index is 15.0. The summed E-state index contributed by atoms with van der Waals surface area (Å²) in [5.74, 6) is 2.80. The van der Waals surface area contributed by atoms with Gasteiger partial charge in [-0.05, 0) is 31.3 Å². The maximum absolute atomic E-state index is 15.0. The van der Waals surface area contributed by atoms with E-state index < -0.39 is 22.6 Å². The largest absolute Gasteiger partial charge is 0.493 e. The number of methoxy groups -OCH3 is 2. The van der Waals surface area contributed by atoms with Crippen molar-refractivity contribution in [3.63, 3.8) is 0 Å². The molecule has 1 atom stereocenters. The Bertz CT molecular complexity index is 1560. The number of hydrogen-bond acceptors (Lipinski definition) is 7. The minimum atomic E-state index is -0.982. The molecular formula is C27H24F2N6O3. The molecule has 2 fully saturated rings. The first kappa shape index (κ1) is 25.0. The zero-order chi connectivity index (χ0) is 27.2. The monoisotopic (exact) mass is 518 g/mol. The molecule has 1 aromatic carbocycles. The van der Waals surface area contributed by atoms with Crippen LogP contribution in [-0.2, 0) is 10.2 Å². The number of nitrogen functional groups attached to an aromatic ring is 1. The second-order valence-corrected chi connectivity index (χ2v) is 9.23. The van der Waals surface area contributed by atoms with Gasteiger partial charge in [0.25, 0.3) is 0 Å². The van der Waals surface area contributed by atoms with Crippen molar-refractivity contribution in [2.75, 3.05) is 33.0 Å². The van der Waals surface area contributed by atoms with E-state index in [0.717, 1.165) is 6.07 Å². The number of benzene rings is 1. The van der Waals surface area contributed by atoms with E-state index in [-0.39, 0.29) is 35.0 Å². The third-order valence-electron chi connectivity index (χ3n) is 7.11. The Balaban J connectivity index is 1.71. The number of nitriles is 1. The smallest absolute Gasteiger partial charge is 0.246 e. The number of pyridine rings is 1. The van der Waals surface area contributed by atoms with Gasteiger partial charge in [0, 0.05) is 30.9 Å². The molecule has 2 N–H and O–H groups in total. The number of anilines is 1. The molecule has 194 valence electrons. The molecule has 1 saturated carbocycles. The molecule has 1 unspecified atom stereocenters. The van der Waals surface area contributed by atoms with Gasteiger partial charge >= 0.3 is 0 Å². The van der Waals surface area contributed by atoms with E-state index in [1.54, 1.807) is 15.8 Å². The molecule has 0 bridgehead atoms. The molecule has 1 aliphatic carbocycles. The number of rotatable bonds is 5. The highest BCUT2D eigenvalue weighted by molar-refractivity contribution is 5.96. The van der Waals surface area contributed by atoms with Crippen LogP contribution in [-0.4, -0.2) is 52.9 Å². The van der Waals surface area contributed by atoms with Crippen molar-refractivity contribution in [3.8, 4) is 29.4 Å². The van der Waals surface area contributed by atoms with E-state index in [9.17, 15) is 18.8 Å². The standard InChI is InChI=1S/C27H24F2N6O3/c1-4-21(36)34-10-7-15(13-34)35-25-17(27(14-30)8-9-27)12-32-26(31)22(25)18(33-35)6-5-16-23(28)19(37-2)11-20(38-3)24(16)29/h4,11-12,15H,1,7-10,13H2,2-3H3,(H2,31,32). The molecule has 1 amide bonds.